The van der Waals surface area contributed by atoms with E-state index in [-0.39, 0.29) is 17.1 Å². The predicted molar refractivity (Wildman–Crippen MR) is 99.9 cm³/mol. The fraction of sp³-hybridized carbons (Fsp3) is 0.100. The minimum Gasteiger partial charge on any atom is -0.456 e. The number of aryl methyl sites for hydroxylation is 1. The molecular weight excluding hydrogens is 412 g/mol. The van der Waals surface area contributed by atoms with Crippen LogP contribution in [0.3, 0.4) is 0 Å². The molecule has 0 aliphatic heterocycles. The summed E-state index contributed by atoms with van der Waals surface area (Å²) in [6.07, 6.45) is -1.88. The first kappa shape index (κ1) is 20.6. The molecule has 0 unspecified atom stereocenters. The van der Waals surface area contributed by atoms with Crippen molar-refractivity contribution >= 4 is 23.2 Å². The van der Waals surface area contributed by atoms with Gasteiger partial charge in [0.15, 0.2) is 0 Å². The monoisotopic (exact) mass is 424 g/mol. The van der Waals surface area contributed by atoms with Crippen LogP contribution in [-0.4, -0.2) is 10.9 Å². The van der Waals surface area contributed by atoms with Gasteiger partial charge < -0.3 is 10.1 Å². The van der Waals surface area contributed by atoms with Gasteiger partial charge in [-0.15, -0.1) is 0 Å². The highest BCUT2D eigenvalue weighted by Gasteiger charge is 2.35. The maximum absolute atomic E-state index is 13.3. The first-order valence-electron chi connectivity index (χ1n) is 8.21. The van der Waals surface area contributed by atoms with Crippen molar-refractivity contribution in [3.63, 3.8) is 0 Å². The lowest BCUT2D eigenvalue weighted by atomic mass is 10.1. The third-order valence-corrected chi connectivity index (χ3v) is 4.23. The molecule has 0 saturated carbocycles. The van der Waals surface area contributed by atoms with Crippen LogP contribution >= 0.6 is 11.6 Å². The summed E-state index contributed by atoms with van der Waals surface area (Å²) in [5.74, 6) is -1.54. The Balaban J connectivity index is 2.06. The Kier molecular flexibility index (Phi) is 5.74. The van der Waals surface area contributed by atoms with E-state index < -0.39 is 28.5 Å². The topological polar surface area (TPSA) is 51.2 Å². The molecule has 4 nitrogen and oxygen atoms in total. The first-order valence-corrected chi connectivity index (χ1v) is 8.59. The second-order valence-electron chi connectivity index (χ2n) is 6.03. The highest BCUT2D eigenvalue weighted by atomic mass is 35.5. The van der Waals surface area contributed by atoms with Crippen molar-refractivity contribution in [3.05, 3.63) is 82.4 Å². The van der Waals surface area contributed by atoms with E-state index in [1.807, 2.05) is 0 Å². The Hall–Kier alpha value is -3.13. The molecule has 1 aromatic heterocycles. The Bertz CT molecular complexity index is 1060. The number of benzene rings is 2. The number of carbonyl (C=O) groups is 1. The number of nitrogens with one attached hydrogen (secondary N) is 1. The number of anilines is 1. The molecule has 0 aliphatic carbocycles. The van der Waals surface area contributed by atoms with Crippen molar-refractivity contribution in [1.82, 2.24) is 4.98 Å². The number of pyridine rings is 1. The van der Waals surface area contributed by atoms with Crippen LogP contribution in [0.15, 0.2) is 54.9 Å². The molecule has 29 heavy (non-hydrogen) atoms. The minimum atomic E-state index is -4.76. The fourth-order valence-electron chi connectivity index (χ4n) is 2.51. The van der Waals surface area contributed by atoms with Gasteiger partial charge in [0.05, 0.1) is 16.1 Å². The molecule has 0 aliphatic rings. The second-order valence-corrected chi connectivity index (χ2v) is 6.44. The molecule has 1 N–H and O–H groups in total. The maximum Gasteiger partial charge on any atom is 0.417 e. The summed E-state index contributed by atoms with van der Waals surface area (Å²) in [7, 11) is 0. The number of amides is 1. The molecule has 0 radical (unpaired) electrons. The van der Waals surface area contributed by atoms with Crippen LogP contribution in [0.2, 0.25) is 5.02 Å². The van der Waals surface area contributed by atoms with E-state index in [9.17, 15) is 22.4 Å². The first-order chi connectivity index (χ1) is 13.6. The van der Waals surface area contributed by atoms with Gasteiger partial charge in [0, 0.05) is 18.1 Å². The summed E-state index contributed by atoms with van der Waals surface area (Å²) >= 11 is 5.77. The summed E-state index contributed by atoms with van der Waals surface area (Å²) < 4.78 is 58.7. The molecule has 0 saturated heterocycles. The summed E-state index contributed by atoms with van der Waals surface area (Å²) in [6.45, 7) is 1.52. The predicted octanol–water partition coefficient (Wildman–Crippen LogP) is 6.25. The van der Waals surface area contributed by atoms with Gasteiger partial charge in [-0.25, -0.2) is 4.39 Å². The van der Waals surface area contributed by atoms with Crippen molar-refractivity contribution in [2.45, 2.75) is 13.1 Å². The zero-order valence-electron chi connectivity index (χ0n) is 14.8. The minimum absolute atomic E-state index is 0.0970. The lowest BCUT2D eigenvalue weighted by molar-refractivity contribution is -0.137. The summed E-state index contributed by atoms with van der Waals surface area (Å²) in [6, 6.07) is 8.06. The lowest BCUT2D eigenvalue weighted by Crippen LogP contribution is -2.15. The van der Waals surface area contributed by atoms with Crippen LogP contribution in [0.4, 0.5) is 23.2 Å². The molecule has 9 heteroatoms. The Labute approximate surface area is 168 Å². The van der Waals surface area contributed by atoms with E-state index in [0.717, 1.165) is 18.2 Å². The van der Waals surface area contributed by atoms with Crippen LogP contribution in [0.5, 0.6) is 11.5 Å². The Morgan fingerprint density at radius 3 is 2.38 bits per heavy atom. The number of nitrogens with zero attached hydrogens (tertiary/aromatic N) is 1. The summed E-state index contributed by atoms with van der Waals surface area (Å²) in [5, 5.41) is 1.88. The van der Waals surface area contributed by atoms with Gasteiger partial charge in [0.1, 0.15) is 17.3 Å². The maximum atomic E-state index is 13.3. The molecule has 0 bridgehead atoms. The smallest absolute Gasteiger partial charge is 0.417 e. The van der Waals surface area contributed by atoms with Crippen molar-refractivity contribution in [1.29, 1.82) is 0 Å². The number of alkyl halides is 3. The zero-order valence-corrected chi connectivity index (χ0v) is 15.6. The molecule has 1 heterocycles. The van der Waals surface area contributed by atoms with Crippen LogP contribution < -0.4 is 10.1 Å². The van der Waals surface area contributed by atoms with E-state index in [1.54, 1.807) is 0 Å². The molecular formula is C20H13ClF4N2O2. The van der Waals surface area contributed by atoms with Crippen molar-refractivity contribution in [2.24, 2.45) is 0 Å². The molecule has 3 aromatic rings. The van der Waals surface area contributed by atoms with Gasteiger partial charge in [-0.3, -0.25) is 9.78 Å². The second kappa shape index (κ2) is 8.08. The summed E-state index contributed by atoms with van der Waals surface area (Å²) in [5.41, 5.74) is -0.656. The fourth-order valence-corrected chi connectivity index (χ4v) is 2.78. The third-order valence-electron chi connectivity index (χ3n) is 3.91. The largest absolute Gasteiger partial charge is 0.456 e. The van der Waals surface area contributed by atoms with Gasteiger partial charge in [0.25, 0.3) is 5.91 Å². The van der Waals surface area contributed by atoms with E-state index >= 15 is 0 Å². The summed E-state index contributed by atoms with van der Waals surface area (Å²) in [4.78, 5) is 16.5. The molecule has 1 amide bonds. The van der Waals surface area contributed by atoms with Gasteiger partial charge in [-0.2, -0.15) is 13.2 Å². The van der Waals surface area contributed by atoms with Crippen molar-refractivity contribution in [3.8, 4) is 11.5 Å². The normalized spacial score (nSPS) is 11.2. The van der Waals surface area contributed by atoms with Gasteiger partial charge in [-0.05, 0) is 55.0 Å². The number of ether oxygens (including phenoxy) is 1. The van der Waals surface area contributed by atoms with Gasteiger partial charge in [-0.1, -0.05) is 11.6 Å². The number of rotatable bonds is 4. The van der Waals surface area contributed by atoms with E-state index in [0.29, 0.717) is 17.3 Å². The third kappa shape index (κ3) is 4.83. The lowest BCUT2D eigenvalue weighted by Gasteiger charge is -2.17. The van der Waals surface area contributed by atoms with E-state index in [4.69, 9.17) is 16.3 Å². The number of hydrogen-bond acceptors (Lipinski definition) is 3. The van der Waals surface area contributed by atoms with Crippen LogP contribution in [0, 0.1) is 12.7 Å². The molecule has 0 spiro atoms. The van der Waals surface area contributed by atoms with E-state index in [1.165, 1.54) is 37.5 Å². The molecule has 150 valence electrons. The molecule has 0 fully saturated rings. The molecule has 0 atom stereocenters. The Morgan fingerprint density at radius 1 is 1.07 bits per heavy atom. The SMILES string of the molecule is Cc1cc(F)ccc1Oc1cc(C(F)(F)F)c(Cl)cc1C(=O)Nc1ccncc1. The number of hydrogen-bond donors (Lipinski definition) is 1. The Morgan fingerprint density at radius 2 is 1.76 bits per heavy atom. The average molecular weight is 425 g/mol. The molecule has 3 rings (SSSR count). The van der Waals surface area contributed by atoms with Crippen molar-refractivity contribution < 1.29 is 27.1 Å². The number of carbonyl (C=O) groups excluding carboxylic acids is 1. The van der Waals surface area contributed by atoms with Gasteiger partial charge in [0.2, 0.25) is 0 Å². The highest BCUT2D eigenvalue weighted by molar-refractivity contribution is 6.32. The van der Waals surface area contributed by atoms with E-state index in [2.05, 4.69) is 10.3 Å². The standard InChI is InChI=1S/C20H13ClF4N2O2/c1-11-8-12(22)2-3-17(11)29-18-10-15(20(23,24)25)16(21)9-14(18)19(28)27-13-4-6-26-7-5-13/h2-10H,1H3,(H,26,27,28). The average Bonchev–Trinajstić information content (AvgIpc) is 2.64. The van der Waals surface area contributed by atoms with Crippen LogP contribution in [0.1, 0.15) is 21.5 Å². The zero-order chi connectivity index (χ0) is 21.2. The highest BCUT2D eigenvalue weighted by Crippen LogP contribution is 2.40. The quantitative estimate of drug-likeness (QED) is 0.504. The number of halogens is 5. The number of aromatic nitrogens is 1. The van der Waals surface area contributed by atoms with Gasteiger partial charge >= 0.3 is 6.18 Å². The molecule has 2 aromatic carbocycles. The van der Waals surface area contributed by atoms with Crippen molar-refractivity contribution in [2.75, 3.05) is 5.32 Å². The van der Waals surface area contributed by atoms with Crippen LogP contribution in [0.25, 0.3) is 0 Å². The van der Waals surface area contributed by atoms with Crippen LogP contribution in [-0.2, 0) is 6.18 Å².